The number of benzene rings is 1. The van der Waals surface area contributed by atoms with Gasteiger partial charge in [-0.3, -0.25) is 4.79 Å². The third-order valence-electron chi connectivity index (χ3n) is 3.76. The van der Waals surface area contributed by atoms with Crippen molar-refractivity contribution in [2.24, 2.45) is 0 Å². The number of anilines is 1. The van der Waals surface area contributed by atoms with Gasteiger partial charge in [-0.2, -0.15) is 16.3 Å². The Labute approximate surface area is 148 Å². The molecule has 0 bridgehead atoms. The predicted octanol–water partition coefficient (Wildman–Crippen LogP) is 2.96. The predicted molar refractivity (Wildman–Crippen MR) is 96.4 cm³/mol. The molecule has 0 aliphatic carbocycles. The first-order chi connectivity index (χ1) is 12.3. The van der Waals surface area contributed by atoms with Gasteiger partial charge in [0.15, 0.2) is 5.82 Å². The number of amides is 1. The van der Waals surface area contributed by atoms with Crippen molar-refractivity contribution in [2.45, 2.75) is 13.0 Å². The number of carbonyl (C=O) groups is 1. The highest BCUT2D eigenvalue weighted by atomic mass is 32.1. The van der Waals surface area contributed by atoms with Gasteiger partial charge in [-0.1, -0.05) is 18.2 Å². The second kappa shape index (κ2) is 6.82. The van der Waals surface area contributed by atoms with Gasteiger partial charge in [0.25, 0.3) is 5.78 Å². The standard InChI is InChI=1S/C18H15N5OS/c24-17(11-16-20-18-19-8-4-9-23(18)21-16)22(12-14-7-10-25-13-14)15-5-2-1-3-6-15/h1-10,13H,11-12H2. The van der Waals surface area contributed by atoms with Crippen LogP contribution in [0.2, 0.25) is 0 Å². The minimum atomic E-state index is -0.0479. The van der Waals surface area contributed by atoms with Gasteiger partial charge in [-0.05, 0) is 40.6 Å². The summed E-state index contributed by atoms with van der Waals surface area (Å²) in [5.41, 5.74) is 1.97. The molecule has 25 heavy (non-hydrogen) atoms. The fourth-order valence-corrected chi connectivity index (χ4v) is 3.24. The van der Waals surface area contributed by atoms with E-state index in [1.807, 2.05) is 41.8 Å². The van der Waals surface area contributed by atoms with Crippen LogP contribution in [0.3, 0.4) is 0 Å². The van der Waals surface area contributed by atoms with Crippen LogP contribution in [0.25, 0.3) is 5.78 Å². The van der Waals surface area contributed by atoms with E-state index in [0.29, 0.717) is 18.1 Å². The molecule has 0 spiro atoms. The Morgan fingerprint density at radius 2 is 2.04 bits per heavy atom. The molecule has 1 aromatic carbocycles. The van der Waals surface area contributed by atoms with Crippen LogP contribution in [-0.4, -0.2) is 25.5 Å². The van der Waals surface area contributed by atoms with Crippen molar-refractivity contribution in [3.63, 3.8) is 0 Å². The minimum absolute atomic E-state index is 0.0479. The Balaban J connectivity index is 1.60. The van der Waals surface area contributed by atoms with Crippen molar-refractivity contribution in [1.29, 1.82) is 0 Å². The highest BCUT2D eigenvalue weighted by Gasteiger charge is 2.19. The molecule has 0 saturated heterocycles. The monoisotopic (exact) mass is 349 g/mol. The summed E-state index contributed by atoms with van der Waals surface area (Å²) in [5.74, 6) is 0.914. The Morgan fingerprint density at radius 3 is 2.80 bits per heavy atom. The van der Waals surface area contributed by atoms with Gasteiger partial charge in [0.2, 0.25) is 5.91 Å². The second-order valence-corrected chi connectivity index (χ2v) is 6.30. The molecular formula is C18H15N5OS. The average Bonchev–Trinajstić information content (AvgIpc) is 3.29. The summed E-state index contributed by atoms with van der Waals surface area (Å²) in [5, 5.41) is 8.39. The summed E-state index contributed by atoms with van der Waals surface area (Å²) in [6.07, 6.45) is 3.55. The van der Waals surface area contributed by atoms with Gasteiger partial charge >= 0.3 is 0 Å². The number of thiophene rings is 1. The van der Waals surface area contributed by atoms with Gasteiger partial charge in [-0.15, -0.1) is 5.10 Å². The van der Waals surface area contributed by atoms with E-state index in [-0.39, 0.29) is 12.3 Å². The SMILES string of the molecule is O=C(Cc1nc2ncccn2n1)N(Cc1ccsc1)c1ccccc1. The molecule has 7 heteroatoms. The number of fused-ring (bicyclic) bond motifs is 1. The fraction of sp³-hybridized carbons (Fsp3) is 0.111. The zero-order valence-electron chi connectivity index (χ0n) is 13.3. The molecule has 0 aliphatic heterocycles. The van der Waals surface area contributed by atoms with Crippen molar-refractivity contribution in [2.75, 3.05) is 4.90 Å². The zero-order valence-corrected chi connectivity index (χ0v) is 14.1. The third-order valence-corrected chi connectivity index (χ3v) is 4.49. The van der Waals surface area contributed by atoms with Crippen LogP contribution in [0.4, 0.5) is 5.69 Å². The maximum absolute atomic E-state index is 12.9. The van der Waals surface area contributed by atoms with Crippen LogP contribution >= 0.6 is 11.3 Å². The highest BCUT2D eigenvalue weighted by Crippen LogP contribution is 2.19. The molecule has 0 radical (unpaired) electrons. The van der Waals surface area contributed by atoms with Gasteiger partial charge < -0.3 is 4.90 Å². The van der Waals surface area contributed by atoms with Crippen molar-refractivity contribution in [3.05, 3.63) is 77.0 Å². The lowest BCUT2D eigenvalue weighted by Gasteiger charge is -2.22. The molecule has 4 aromatic rings. The van der Waals surface area contributed by atoms with Crippen molar-refractivity contribution in [1.82, 2.24) is 19.6 Å². The summed E-state index contributed by atoms with van der Waals surface area (Å²) in [6.45, 7) is 0.526. The Kier molecular flexibility index (Phi) is 4.22. The molecular weight excluding hydrogens is 334 g/mol. The number of nitrogens with zero attached hydrogens (tertiary/aromatic N) is 5. The number of hydrogen-bond donors (Lipinski definition) is 0. The molecule has 0 atom stereocenters. The van der Waals surface area contributed by atoms with Crippen LogP contribution in [0.15, 0.2) is 65.6 Å². The van der Waals surface area contributed by atoms with Gasteiger partial charge in [0.05, 0.1) is 13.0 Å². The topological polar surface area (TPSA) is 63.4 Å². The summed E-state index contributed by atoms with van der Waals surface area (Å²) >= 11 is 1.62. The number of rotatable bonds is 5. The molecule has 0 aliphatic rings. The van der Waals surface area contributed by atoms with E-state index in [2.05, 4.69) is 20.4 Å². The Hall–Kier alpha value is -3.06. The van der Waals surface area contributed by atoms with Crippen LogP contribution in [0, 0.1) is 0 Å². The zero-order chi connectivity index (χ0) is 17.1. The first-order valence-electron chi connectivity index (χ1n) is 7.82. The first kappa shape index (κ1) is 15.5. The third kappa shape index (κ3) is 3.41. The first-order valence-corrected chi connectivity index (χ1v) is 8.76. The summed E-state index contributed by atoms with van der Waals surface area (Å²) in [4.78, 5) is 23.2. The molecule has 124 valence electrons. The van der Waals surface area contributed by atoms with Gasteiger partial charge in [0.1, 0.15) is 0 Å². The molecule has 3 heterocycles. The van der Waals surface area contributed by atoms with E-state index < -0.39 is 0 Å². The van der Waals surface area contributed by atoms with Crippen LogP contribution in [-0.2, 0) is 17.8 Å². The lowest BCUT2D eigenvalue weighted by molar-refractivity contribution is -0.118. The van der Waals surface area contributed by atoms with Crippen LogP contribution < -0.4 is 4.90 Å². The molecule has 0 fully saturated rings. The Bertz CT molecular complexity index is 948. The summed E-state index contributed by atoms with van der Waals surface area (Å²) < 4.78 is 1.58. The van der Waals surface area contributed by atoms with Gasteiger partial charge in [-0.25, -0.2) is 9.50 Å². The van der Waals surface area contributed by atoms with E-state index in [1.165, 1.54) is 0 Å². The smallest absolute Gasteiger partial charge is 0.252 e. The maximum atomic E-state index is 12.9. The van der Waals surface area contributed by atoms with Crippen LogP contribution in [0.1, 0.15) is 11.4 Å². The Morgan fingerprint density at radius 1 is 1.16 bits per heavy atom. The maximum Gasteiger partial charge on any atom is 0.252 e. The van der Waals surface area contributed by atoms with Crippen molar-refractivity contribution >= 4 is 28.7 Å². The summed E-state index contributed by atoms with van der Waals surface area (Å²) in [6, 6.07) is 13.5. The molecule has 1 amide bonds. The van der Waals surface area contributed by atoms with E-state index in [9.17, 15) is 4.79 Å². The van der Waals surface area contributed by atoms with E-state index >= 15 is 0 Å². The number of para-hydroxylation sites is 1. The normalized spacial score (nSPS) is 10.9. The number of hydrogen-bond acceptors (Lipinski definition) is 5. The largest absolute Gasteiger partial charge is 0.308 e. The number of carbonyl (C=O) groups excluding carboxylic acids is 1. The lowest BCUT2D eigenvalue weighted by atomic mass is 10.2. The molecule has 4 rings (SSSR count). The van der Waals surface area contributed by atoms with E-state index in [4.69, 9.17) is 0 Å². The van der Waals surface area contributed by atoms with Crippen molar-refractivity contribution < 1.29 is 4.79 Å². The fourth-order valence-electron chi connectivity index (χ4n) is 2.58. The second-order valence-electron chi connectivity index (χ2n) is 5.52. The molecule has 0 unspecified atom stereocenters. The van der Waals surface area contributed by atoms with Crippen molar-refractivity contribution in [3.8, 4) is 0 Å². The lowest BCUT2D eigenvalue weighted by Crippen LogP contribution is -2.31. The minimum Gasteiger partial charge on any atom is -0.308 e. The molecule has 6 nitrogen and oxygen atoms in total. The van der Waals surface area contributed by atoms with Gasteiger partial charge in [0, 0.05) is 18.1 Å². The van der Waals surface area contributed by atoms with Crippen LogP contribution in [0.5, 0.6) is 0 Å². The average molecular weight is 349 g/mol. The molecule has 0 saturated carbocycles. The van der Waals surface area contributed by atoms with E-state index in [1.54, 1.807) is 39.2 Å². The highest BCUT2D eigenvalue weighted by molar-refractivity contribution is 7.07. The molecule has 3 aromatic heterocycles. The van der Waals surface area contributed by atoms with E-state index in [0.717, 1.165) is 11.3 Å². The summed E-state index contributed by atoms with van der Waals surface area (Å²) in [7, 11) is 0. The molecule has 0 N–H and O–H groups in total. The quantitative estimate of drug-likeness (QED) is 0.556. The number of aromatic nitrogens is 4.